The van der Waals surface area contributed by atoms with Gasteiger partial charge >= 0.3 is 5.97 Å². The van der Waals surface area contributed by atoms with E-state index in [1.165, 1.54) is 0 Å². The Kier molecular flexibility index (Phi) is 4.06. The van der Waals surface area contributed by atoms with E-state index in [9.17, 15) is 4.79 Å². The quantitative estimate of drug-likeness (QED) is 0.935. The van der Waals surface area contributed by atoms with Crippen LogP contribution in [-0.2, 0) is 4.79 Å². The van der Waals surface area contributed by atoms with Gasteiger partial charge in [-0.25, -0.2) is 4.68 Å². The van der Waals surface area contributed by atoms with Crippen LogP contribution in [0.5, 0.6) is 0 Å². The molecule has 1 heterocycles. The lowest BCUT2D eigenvalue weighted by Crippen LogP contribution is -2.28. The van der Waals surface area contributed by atoms with Gasteiger partial charge in [-0.2, -0.15) is 0 Å². The maximum Gasteiger partial charge on any atom is 0.305 e. The van der Waals surface area contributed by atoms with Crippen LogP contribution in [0, 0.1) is 12.3 Å². The van der Waals surface area contributed by atoms with Crippen molar-refractivity contribution >= 4 is 5.97 Å². The first-order chi connectivity index (χ1) is 9.79. The Labute approximate surface area is 123 Å². The molecule has 1 unspecified atom stereocenters. The Hall–Kier alpha value is -2.24. The molecule has 0 aliphatic heterocycles. The monoisotopic (exact) mass is 288 g/mol. The predicted molar refractivity (Wildman–Crippen MR) is 78.7 cm³/mol. The summed E-state index contributed by atoms with van der Waals surface area (Å²) in [4.78, 5) is 11.2. The summed E-state index contributed by atoms with van der Waals surface area (Å²) in [6, 6.07) is 7.53. The van der Waals surface area contributed by atoms with Gasteiger partial charge in [0.05, 0.1) is 12.5 Å². The van der Waals surface area contributed by atoms with Gasteiger partial charge in [0, 0.05) is 5.56 Å². The number of carbonyl (C=O) groups is 1. The average Bonchev–Trinajstić information content (AvgIpc) is 2.83. The van der Waals surface area contributed by atoms with Crippen molar-refractivity contribution in [1.82, 2.24) is 20.2 Å². The topological polar surface area (TPSA) is 80.9 Å². The third kappa shape index (κ3) is 3.45. The molecule has 1 atom stereocenters. The summed E-state index contributed by atoms with van der Waals surface area (Å²) < 4.78 is 1.63. The van der Waals surface area contributed by atoms with Crippen LogP contribution in [0.1, 0.15) is 38.8 Å². The van der Waals surface area contributed by atoms with E-state index in [1.54, 1.807) is 4.68 Å². The molecule has 0 fully saturated rings. The average molecular weight is 288 g/mol. The van der Waals surface area contributed by atoms with E-state index >= 15 is 0 Å². The number of hydrogen-bond donors (Lipinski definition) is 1. The van der Waals surface area contributed by atoms with Crippen molar-refractivity contribution in [2.24, 2.45) is 5.41 Å². The zero-order chi connectivity index (χ0) is 15.6. The Bertz CT molecular complexity index is 643. The lowest BCUT2D eigenvalue weighted by Gasteiger charge is -2.29. The number of carboxylic acid groups (broad SMARTS) is 1. The summed E-state index contributed by atoms with van der Waals surface area (Å²) >= 11 is 0. The van der Waals surface area contributed by atoms with Crippen molar-refractivity contribution in [3.63, 3.8) is 0 Å². The molecule has 0 radical (unpaired) electrons. The summed E-state index contributed by atoms with van der Waals surface area (Å²) in [5.41, 5.74) is 1.72. The van der Waals surface area contributed by atoms with Gasteiger partial charge in [0.25, 0.3) is 0 Å². The summed E-state index contributed by atoms with van der Waals surface area (Å²) in [5.74, 6) is -0.263. The molecule has 0 saturated carbocycles. The molecule has 112 valence electrons. The largest absolute Gasteiger partial charge is 0.481 e. The Morgan fingerprint density at radius 2 is 2.10 bits per heavy atom. The van der Waals surface area contributed by atoms with Crippen molar-refractivity contribution in [2.75, 3.05) is 0 Å². The van der Waals surface area contributed by atoms with Crippen LogP contribution in [0.2, 0.25) is 0 Å². The van der Waals surface area contributed by atoms with Gasteiger partial charge in [0.1, 0.15) is 0 Å². The van der Waals surface area contributed by atoms with Crippen LogP contribution in [-0.4, -0.2) is 31.3 Å². The van der Waals surface area contributed by atoms with Crippen molar-refractivity contribution in [3.8, 4) is 11.4 Å². The highest BCUT2D eigenvalue weighted by atomic mass is 16.4. The molecule has 0 spiro atoms. The molecule has 6 nitrogen and oxygen atoms in total. The van der Waals surface area contributed by atoms with Gasteiger partial charge in [-0.3, -0.25) is 4.79 Å². The first kappa shape index (κ1) is 15.2. The number of rotatable bonds is 4. The number of tetrazole rings is 1. The minimum absolute atomic E-state index is 0.0205. The highest BCUT2D eigenvalue weighted by Gasteiger charge is 2.32. The number of aliphatic carboxylic acids is 1. The molecule has 2 rings (SSSR count). The second-order valence-electron chi connectivity index (χ2n) is 6.30. The minimum Gasteiger partial charge on any atom is -0.481 e. The third-order valence-corrected chi connectivity index (χ3v) is 3.43. The smallest absolute Gasteiger partial charge is 0.305 e. The molecular weight excluding hydrogens is 268 g/mol. The molecule has 1 N–H and O–H groups in total. The van der Waals surface area contributed by atoms with Gasteiger partial charge in [-0.15, -0.1) is 5.10 Å². The molecule has 6 heteroatoms. The second kappa shape index (κ2) is 5.63. The molecule has 1 aromatic heterocycles. The summed E-state index contributed by atoms with van der Waals surface area (Å²) in [6.45, 7) is 7.96. The maximum atomic E-state index is 11.2. The first-order valence-corrected chi connectivity index (χ1v) is 6.85. The Morgan fingerprint density at radius 3 is 2.67 bits per heavy atom. The molecule has 0 aliphatic rings. The number of hydrogen-bond acceptors (Lipinski definition) is 4. The molecule has 0 amide bonds. The Morgan fingerprint density at radius 1 is 1.38 bits per heavy atom. The Balaban J connectivity index is 2.49. The minimum atomic E-state index is -0.861. The number of carboxylic acids is 1. The fraction of sp³-hybridized carbons (Fsp3) is 0.467. The first-order valence-electron chi connectivity index (χ1n) is 6.85. The van der Waals surface area contributed by atoms with Crippen LogP contribution in [0.3, 0.4) is 0 Å². The molecule has 0 aliphatic carbocycles. The van der Waals surface area contributed by atoms with Gasteiger partial charge in [0.2, 0.25) is 0 Å². The van der Waals surface area contributed by atoms with Gasteiger partial charge in [0.15, 0.2) is 5.82 Å². The maximum absolute atomic E-state index is 11.2. The van der Waals surface area contributed by atoms with E-state index in [1.807, 2.05) is 52.0 Å². The highest BCUT2D eigenvalue weighted by Crippen LogP contribution is 2.35. The van der Waals surface area contributed by atoms with Gasteiger partial charge < -0.3 is 5.11 Å². The number of nitrogens with zero attached hydrogens (tertiary/aromatic N) is 4. The predicted octanol–water partition coefficient (Wildman–Crippen LogP) is 2.71. The fourth-order valence-corrected chi connectivity index (χ4v) is 2.30. The number of aromatic nitrogens is 4. The molecule has 0 saturated heterocycles. The lowest BCUT2D eigenvalue weighted by molar-refractivity contribution is -0.138. The third-order valence-electron chi connectivity index (χ3n) is 3.43. The second-order valence-corrected chi connectivity index (χ2v) is 6.30. The molecule has 1 aromatic carbocycles. The van der Waals surface area contributed by atoms with Crippen LogP contribution in [0.4, 0.5) is 0 Å². The fourth-order valence-electron chi connectivity index (χ4n) is 2.30. The van der Waals surface area contributed by atoms with E-state index in [0.29, 0.717) is 5.82 Å². The van der Waals surface area contributed by atoms with Crippen LogP contribution < -0.4 is 0 Å². The highest BCUT2D eigenvalue weighted by molar-refractivity contribution is 5.67. The van der Waals surface area contributed by atoms with E-state index in [0.717, 1.165) is 11.1 Å². The van der Waals surface area contributed by atoms with Crippen molar-refractivity contribution in [3.05, 3.63) is 29.8 Å². The molecular formula is C15H20N4O2. The van der Waals surface area contributed by atoms with Crippen molar-refractivity contribution in [1.29, 1.82) is 0 Å². The van der Waals surface area contributed by atoms with Crippen molar-refractivity contribution < 1.29 is 9.90 Å². The van der Waals surface area contributed by atoms with Crippen LogP contribution in [0.15, 0.2) is 24.3 Å². The van der Waals surface area contributed by atoms with Crippen LogP contribution >= 0.6 is 0 Å². The summed E-state index contributed by atoms with van der Waals surface area (Å²) in [6.07, 6.45) is -0.0205. The standard InChI is InChI=1S/C15H20N4O2/c1-10-6-5-7-11(8-10)14-16-17-18-19(14)12(9-13(20)21)15(2,3)4/h5-8,12H,9H2,1-4H3,(H,20,21). The summed E-state index contributed by atoms with van der Waals surface area (Å²) in [5, 5.41) is 21.0. The zero-order valence-electron chi connectivity index (χ0n) is 12.7. The number of benzene rings is 1. The normalized spacial score (nSPS) is 13.1. The SMILES string of the molecule is Cc1cccc(-c2nnnn2C(CC(=O)O)C(C)(C)C)c1. The van der Waals surface area contributed by atoms with Crippen LogP contribution in [0.25, 0.3) is 11.4 Å². The lowest BCUT2D eigenvalue weighted by atomic mass is 9.84. The van der Waals surface area contributed by atoms with E-state index in [-0.39, 0.29) is 17.9 Å². The molecule has 2 aromatic rings. The van der Waals surface area contributed by atoms with Gasteiger partial charge in [-0.1, -0.05) is 44.5 Å². The van der Waals surface area contributed by atoms with E-state index in [2.05, 4.69) is 15.5 Å². The van der Waals surface area contributed by atoms with E-state index in [4.69, 9.17) is 5.11 Å². The summed E-state index contributed by atoms with van der Waals surface area (Å²) in [7, 11) is 0. The molecule has 0 bridgehead atoms. The molecule has 21 heavy (non-hydrogen) atoms. The zero-order valence-corrected chi connectivity index (χ0v) is 12.7. The van der Waals surface area contributed by atoms with Gasteiger partial charge in [-0.05, 0) is 28.8 Å². The van der Waals surface area contributed by atoms with E-state index < -0.39 is 5.97 Å². The number of aryl methyl sites for hydroxylation is 1. The van der Waals surface area contributed by atoms with Crippen molar-refractivity contribution in [2.45, 2.75) is 40.2 Å².